The van der Waals surface area contributed by atoms with Gasteiger partial charge in [0.05, 0.1) is 6.61 Å². The summed E-state index contributed by atoms with van der Waals surface area (Å²) in [5, 5.41) is 0. The minimum absolute atomic E-state index is 0.340. The van der Waals surface area contributed by atoms with Gasteiger partial charge in [0.2, 0.25) is 0 Å². The molecule has 17 heavy (non-hydrogen) atoms. The van der Waals surface area contributed by atoms with E-state index in [2.05, 4.69) is 0 Å². The maximum Gasteiger partial charge on any atom is 0.341 e. The van der Waals surface area contributed by atoms with Gasteiger partial charge in [0.25, 0.3) is 0 Å². The summed E-state index contributed by atoms with van der Waals surface area (Å²) >= 11 is 0. The van der Waals surface area contributed by atoms with Crippen molar-refractivity contribution in [3.63, 3.8) is 0 Å². The third kappa shape index (κ3) is 3.46. The molecule has 0 radical (unpaired) electrons. The van der Waals surface area contributed by atoms with Gasteiger partial charge in [-0.15, -0.1) is 0 Å². The Morgan fingerprint density at radius 2 is 2.12 bits per heavy atom. The molecular formula is C13H19NO3. The molecule has 0 saturated carbocycles. The molecule has 1 rings (SSSR count). The van der Waals surface area contributed by atoms with Crippen LogP contribution in [0.3, 0.4) is 0 Å². The summed E-state index contributed by atoms with van der Waals surface area (Å²) in [6.07, 6.45) is 0.311. The molecule has 0 aliphatic rings. The molecular weight excluding hydrogens is 218 g/mol. The van der Waals surface area contributed by atoms with Crippen LogP contribution in [0.25, 0.3) is 0 Å². The zero-order valence-corrected chi connectivity index (χ0v) is 10.5. The smallest absolute Gasteiger partial charge is 0.341 e. The van der Waals surface area contributed by atoms with Gasteiger partial charge in [-0.2, -0.15) is 0 Å². The molecule has 0 aliphatic heterocycles. The predicted octanol–water partition coefficient (Wildman–Crippen LogP) is 2.11. The maximum atomic E-state index is 11.8. The largest absolute Gasteiger partial charge is 0.475 e. The Bertz CT molecular complexity index is 388. The van der Waals surface area contributed by atoms with Crippen molar-refractivity contribution in [3.8, 4) is 5.75 Å². The first-order valence-electron chi connectivity index (χ1n) is 5.81. The second-order valence-electron chi connectivity index (χ2n) is 3.69. The van der Waals surface area contributed by atoms with Gasteiger partial charge in [-0.1, -0.05) is 19.1 Å². The standard InChI is InChI=1S/C13H19NO3/c1-4-10-7-6-8-11(13(15)16-5-2)12(10)17-9(3)14/h6-9H,4-5,14H2,1-3H3. The van der Waals surface area contributed by atoms with Crippen LogP contribution in [0.1, 0.15) is 36.7 Å². The number of esters is 1. The molecule has 0 aliphatic carbocycles. The summed E-state index contributed by atoms with van der Waals surface area (Å²) in [7, 11) is 0. The highest BCUT2D eigenvalue weighted by Crippen LogP contribution is 2.26. The van der Waals surface area contributed by atoms with Crippen LogP contribution >= 0.6 is 0 Å². The molecule has 1 aromatic rings. The maximum absolute atomic E-state index is 11.8. The van der Waals surface area contributed by atoms with E-state index in [1.807, 2.05) is 19.1 Å². The van der Waals surface area contributed by atoms with Gasteiger partial charge in [-0.3, -0.25) is 5.73 Å². The van der Waals surface area contributed by atoms with E-state index >= 15 is 0 Å². The summed E-state index contributed by atoms with van der Waals surface area (Å²) in [6, 6.07) is 5.43. The van der Waals surface area contributed by atoms with E-state index in [0.717, 1.165) is 12.0 Å². The minimum atomic E-state index is -0.462. The molecule has 1 aromatic carbocycles. The van der Waals surface area contributed by atoms with Gasteiger partial charge in [-0.05, 0) is 31.9 Å². The average molecular weight is 237 g/mol. The molecule has 0 spiro atoms. The molecule has 0 saturated heterocycles. The van der Waals surface area contributed by atoms with E-state index in [1.165, 1.54) is 0 Å². The minimum Gasteiger partial charge on any atom is -0.475 e. The van der Waals surface area contributed by atoms with Crippen molar-refractivity contribution in [2.45, 2.75) is 33.4 Å². The number of aryl methyl sites for hydroxylation is 1. The highest BCUT2D eigenvalue weighted by molar-refractivity contribution is 5.93. The molecule has 2 N–H and O–H groups in total. The Kier molecular flexibility index (Phi) is 4.97. The number of rotatable bonds is 5. The summed E-state index contributed by atoms with van der Waals surface area (Å²) in [4.78, 5) is 11.8. The van der Waals surface area contributed by atoms with Gasteiger partial charge in [0, 0.05) is 0 Å². The van der Waals surface area contributed by atoms with Gasteiger partial charge in [-0.25, -0.2) is 4.79 Å². The molecule has 1 unspecified atom stereocenters. The summed E-state index contributed by atoms with van der Waals surface area (Å²) < 4.78 is 10.5. The third-order valence-corrected chi connectivity index (χ3v) is 2.28. The second-order valence-corrected chi connectivity index (χ2v) is 3.69. The molecule has 0 fully saturated rings. The van der Waals surface area contributed by atoms with Crippen LogP contribution < -0.4 is 10.5 Å². The lowest BCUT2D eigenvalue weighted by molar-refractivity contribution is 0.0519. The fourth-order valence-corrected chi connectivity index (χ4v) is 1.56. The van der Waals surface area contributed by atoms with E-state index in [1.54, 1.807) is 19.9 Å². The molecule has 94 valence electrons. The van der Waals surface area contributed by atoms with Crippen LogP contribution in [0.4, 0.5) is 0 Å². The van der Waals surface area contributed by atoms with E-state index in [9.17, 15) is 4.79 Å². The summed E-state index contributed by atoms with van der Waals surface area (Å²) in [5.41, 5.74) is 7.00. The van der Waals surface area contributed by atoms with Crippen molar-refractivity contribution in [2.24, 2.45) is 5.73 Å². The van der Waals surface area contributed by atoms with Gasteiger partial charge in [0.15, 0.2) is 0 Å². The van der Waals surface area contributed by atoms with Crippen molar-refractivity contribution in [2.75, 3.05) is 6.61 Å². The number of hydrogen-bond acceptors (Lipinski definition) is 4. The number of benzene rings is 1. The topological polar surface area (TPSA) is 61.5 Å². The Hall–Kier alpha value is -1.55. The molecule has 0 aromatic heterocycles. The first-order valence-corrected chi connectivity index (χ1v) is 5.81. The van der Waals surface area contributed by atoms with Crippen LogP contribution in [0.2, 0.25) is 0 Å². The van der Waals surface area contributed by atoms with E-state index in [0.29, 0.717) is 17.9 Å². The Labute approximate surface area is 102 Å². The first kappa shape index (κ1) is 13.5. The van der Waals surface area contributed by atoms with Crippen molar-refractivity contribution < 1.29 is 14.3 Å². The fraction of sp³-hybridized carbons (Fsp3) is 0.462. The molecule has 4 heteroatoms. The fourth-order valence-electron chi connectivity index (χ4n) is 1.56. The number of ether oxygens (including phenoxy) is 2. The summed E-state index contributed by atoms with van der Waals surface area (Å²) in [6.45, 7) is 5.83. The van der Waals surface area contributed by atoms with E-state index in [4.69, 9.17) is 15.2 Å². The SMILES string of the molecule is CCOC(=O)c1cccc(CC)c1OC(C)N. The number of hydrogen-bond donors (Lipinski definition) is 1. The second kappa shape index (κ2) is 6.25. The Morgan fingerprint density at radius 1 is 1.41 bits per heavy atom. The lowest BCUT2D eigenvalue weighted by Crippen LogP contribution is -2.24. The van der Waals surface area contributed by atoms with E-state index < -0.39 is 6.23 Å². The predicted molar refractivity (Wildman–Crippen MR) is 66.1 cm³/mol. The van der Waals surface area contributed by atoms with Crippen molar-refractivity contribution in [1.82, 2.24) is 0 Å². The molecule has 1 atom stereocenters. The quantitative estimate of drug-likeness (QED) is 0.629. The van der Waals surface area contributed by atoms with E-state index in [-0.39, 0.29) is 5.97 Å². The number of nitrogens with two attached hydrogens (primary N) is 1. The molecule has 0 heterocycles. The number of carbonyl (C=O) groups is 1. The van der Waals surface area contributed by atoms with Crippen molar-refractivity contribution >= 4 is 5.97 Å². The highest BCUT2D eigenvalue weighted by Gasteiger charge is 2.17. The van der Waals surface area contributed by atoms with Crippen molar-refractivity contribution in [1.29, 1.82) is 0 Å². The third-order valence-electron chi connectivity index (χ3n) is 2.28. The first-order chi connectivity index (χ1) is 8.10. The zero-order chi connectivity index (χ0) is 12.8. The van der Waals surface area contributed by atoms with Crippen LogP contribution in [-0.2, 0) is 11.2 Å². The lowest BCUT2D eigenvalue weighted by Gasteiger charge is -2.16. The molecule has 0 bridgehead atoms. The van der Waals surface area contributed by atoms with Crippen LogP contribution in [0, 0.1) is 0 Å². The number of para-hydroxylation sites is 1. The van der Waals surface area contributed by atoms with Crippen molar-refractivity contribution in [3.05, 3.63) is 29.3 Å². The Morgan fingerprint density at radius 3 is 2.65 bits per heavy atom. The van der Waals surface area contributed by atoms with Gasteiger partial charge >= 0.3 is 5.97 Å². The molecule has 4 nitrogen and oxygen atoms in total. The van der Waals surface area contributed by atoms with Crippen LogP contribution in [-0.4, -0.2) is 18.8 Å². The van der Waals surface area contributed by atoms with Crippen LogP contribution in [0.5, 0.6) is 5.75 Å². The van der Waals surface area contributed by atoms with Gasteiger partial charge in [0.1, 0.15) is 17.5 Å². The lowest BCUT2D eigenvalue weighted by atomic mass is 10.1. The molecule has 0 amide bonds. The normalized spacial score (nSPS) is 12.0. The average Bonchev–Trinajstić information content (AvgIpc) is 2.28. The monoisotopic (exact) mass is 237 g/mol. The summed E-state index contributed by atoms with van der Waals surface area (Å²) in [5.74, 6) is 0.155. The van der Waals surface area contributed by atoms with Crippen LogP contribution in [0.15, 0.2) is 18.2 Å². The van der Waals surface area contributed by atoms with Gasteiger partial charge < -0.3 is 9.47 Å². The Balaban J connectivity index is 3.14. The zero-order valence-electron chi connectivity index (χ0n) is 10.5. The number of carbonyl (C=O) groups excluding carboxylic acids is 1. The highest BCUT2D eigenvalue weighted by atomic mass is 16.5.